The van der Waals surface area contributed by atoms with Crippen LogP contribution in [0.15, 0.2) is 27.4 Å². The van der Waals surface area contributed by atoms with Crippen molar-refractivity contribution in [2.75, 3.05) is 17.7 Å². The number of hydrogen-bond acceptors (Lipinski definition) is 4. The van der Waals surface area contributed by atoms with Crippen molar-refractivity contribution in [1.29, 1.82) is 0 Å². The number of halogens is 2. The first-order chi connectivity index (χ1) is 8.06. The maximum absolute atomic E-state index is 5.88. The number of nitrogens with zero attached hydrogens (tertiary/aromatic N) is 2. The molecule has 0 amide bonds. The zero-order valence-electron chi connectivity index (χ0n) is 9.15. The normalized spacial score (nSPS) is 10.5. The van der Waals surface area contributed by atoms with Crippen molar-refractivity contribution >= 4 is 50.4 Å². The molecule has 0 atom stereocenters. The monoisotopic (exact) mass is 331 g/mol. The number of thiophene rings is 1. The van der Waals surface area contributed by atoms with Crippen molar-refractivity contribution in [2.45, 2.75) is 6.54 Å². The largest absolute Gasteiger partial charge is 0.396 e. The van der Waals surface area contributed by atoms with Crippen LogP contribution in [0.1, 0.15) is 5.56 Å². The van der Waals surface area contributed by atoms with E-state index in [1.807, 2.05) is 11.9 Å². The van der Waals surface area contributed by atoms with Crippen molar-refractivity contribution in [2.24, 2.45) is 0 Å². The smallest absolute Gasteiger partial charge is 0.153 e. The van der Waals surface area contributed by atoms with E-state index >= 15 is 0 Å². The number of anilines is 2. The van der Waals surface area contributed by atoms with Crippen LogP contribution in [0, 0.1) is 0 Å². The SMILES string of the molecule is CN(Cc1csc(Br)c1)c1nc(Cl)ccc1N. The minimum Gasteiger partial charge on any atom is -0.396 e. The van der Waals surface area contributed by atoms with E-state index in [1.54, 1.807) is 23.5 Å². The van der Waals surface area contributed by atoms with Crippen molar-refractivity contribution < 1.29 is 0 Å². The summed E-state index contributed by atoms with van der Waals surface area (Å²) in [5.41, 5.74) is 7.72. The third-order valence-electron chi connectivity index (χ3n) is 2.27. The Balaban J connectivity index is 2.19. The Kier molecular flexibility index (Phi) is 3.91. The van der Waals surface area contributed by atoms with Gasteiger partial charge in [-0.1, -0.05) is 11.6 Å². The van der Waals surface area contributed by atoms with E-state index in [2.05, 4.69) is 32.4 Å². The number of hydrogen-bond donors (Lipinski definition) is 1. The molecule has 2 heterocycles. The molecule has 0 bridgehead atoms. The Morgan fingerprint density at radius 1 is 1.53 bits per heavy atom. The van der Waals surface area contributed by atoms with E-state index in [4.69, 9.17) is 17.3 Å². The van der Waals surface area contributed by atoms with Crippen LogP contribution in [0.4, 0.5) is 11.5 Å². The van der Waals surface area contributed by atoms with Gasteiger partial charge in [-0.3, -0.25) is 0 Å². The third kappa shape index (κ3) is 3.12. The number of aromatic nitrogens is 1. The van der Waals surface area contributed by atoms with E-state index in [9.17, 15) is 0 Å². The van der Waals surface area contributed by atoms with Gasteiger partial charge in [0.1, 0.15) is 5.15 Å². The summed E-state index contributed by atoms with van der Waals surface area (Å²) in [6, 6.07) is 5.54. The average molecular weight is 333 g/mol. The van der Waals surface area contributed by atoms with Gasteiger partial charge < -0.3 is 10.6 Å². The summed E-state index contributed by atoms with van der Waals surface area (Å²) >= 11 is 11.0. The van der Waals surface area contributed by atoms with Crippen LogP contribution in [0.3, 0.4) is 0 Å². The summed E-state index contributed by atoms with van der Waals surface area (Å²) in [4.78, 5) is 6.22. The maximum atomic E-state index is 5.88. The lowest BCUT2D eigenvalue weighted by Crippen LogP contribution is -2.18. The predicted molar refractivity (Wildman–Crippen MR) is 77.8 cm³/mol. The Hall–Kier alpha value is -0.780. The first-order valence-corrected chi connectivity index (χ1v) is 6.97. The quantitative estimate of drug-likeness (QED) is 0.870. The third-order valence-corrected chi connectivity index (χ3v) is 4.04. The fraction of sp³-hybridized carbons (Fsp3) is 0.182. The summed E-state index contributed by atoms with van der Waals surface area (Å²) in [6.45, 7) is 0.750. The van der Waals surface area contributed by atoms with Crippen LogP contribution in [0.2, 0.25) is 5.15 Å². The average Bonchev–Trinajstić information content (AvgIpc) is 2.67. The molecule has 90 valence electrons. The molecule has 3 nitrogen and oxygen atoms in total. The van der Waals surface area contributed by atoms with Gasteiger partial charge in [-0.15, -0.1) is 11.3 Å². The van der Waals surface area contributed by atoms with Crippen molar-refractivity contribution in [3.8, 4) is 0 Å². The second-order valence-electron chi connectivity index (χ2n) is 3.66. The summed E-state index contributed by atoms with van der Waals surface area (Å²) in [7, 11) is 1.95. The summed E-state index contributed by atoms with van der Waals surface area (Å²) in [5, 5.41) is 2.55. The van der Waals surface area contributed by atoms with Gasteiger partial charge >= 0.3 is 0 Å². The predicted octanol–water partition coefficient (Wildman–Crippen LogP) is 3.78. The number of nitrogens with two attached hydrogens (primary N) is 1. The lowest BCUT2D eigenvalue weighted by atomic mass is 10.3. The number of rotatable bonds is 3. The van der Waals surface area contributed by atoms with E-state index in [1.165, 1.54) is 5.56 Å². The van der Waals surface area contributed by atoms with Gasteiger partial charge in [-0.05, 0) is 45.1 Å². The molecular formula is C11H11BrClN3S. The highest BCUT2D eigenvalue weighted by atomic mass is 79.9. The molecule has 2 rings (SSSR count). The first-order valence-electron chi connectivity index (χ1n) is 4.92. The lowest BCUT2D eigenvalue weighted by Gasteiger charge is -2.19. The molecule has 0 fully saturated rings. The standard InChI is InChI=1S/C11H11BrClN3S/c1-16(5-7-4-9(12)17-6-7)11-8(14)2-3-10(13)15-11/h2-4,6H,5,14H2,1H3. The summed E-state index contributed by atoms with van der Waals surface area (Å²) in [5.74, 6) is 0.708. The van der Waals surface area contributed by atoms with Crippen molar-refractivity contribution in [3.05, 3.63) is 38.1 Å². The molecule has 0 spiro atoms. The van der Waals surface area contributed by atoms with Crippen molar-refractivity contribution in [1.82, 2.24) is 4.98 Å². The Morgan fingerprint density at radius 3 is 2.94 bits per heavy atom. The summed E-state index contributed by atoms with van der Waals surface area (Å²) < 4.78 is 1.12. The molecule has 0 radical (unpaired) electrons. The minimum absolute atomic E-state index is 0.451. The van der Waals surface area contributed by atoms with Crippen molar-refractivity contribution in [3.63, 3.8) is 0 Å². The highest BCUT2D eigenvalue weighted by Gasteiger charge is 2.09. The topological polar surface area (TPSA) is 42.2 Å². The molecule has 0 unspecified atom stereocenters. The molecule has 6 heteroatoms. The fourth-order valence-electron chi connectivity index (χ4n) is 1.52. The molecule has 0 saturated carbocycles. The number of pyridine rings is 1. The van der Waals surface area contributed by atoms with E-state index in [0.29, 0.717) is 16.7 Å². The zero-order chi connectivity index (χ0) is 12.4. The second-order valence-corrected chi connectivity index (χ2v) is 6.34. The molecule has 0 aliphatic rings. The summed E-state index contributed by atoms with van der Waals surface area (Å²) in [6.07, 6.45) is 0. The molecule has 0 saturated heterocycles. The molecule has 0 aromatic carbocycles. The molecule has 2 aromatic rings. The molecule has 0 aliphatic heterocycles. The second kappa shape index (κ2) is 5.25. The van der Waals surface area contributed by atoms with E-state index in [0.717, 1.165) is 10.3 Å². The van der Waals surface area contributed by atoms with E-state index < -0.39 is 0 Å². The van der Waals surface area contributed by atoms with Gasteiger partial charge in [0.05, 0.1) is 9.47 Å². The van der Waals surface area contributed by atoms with E-state index in [-0.39, 0.29) is 0 Å². The van der Waals surface area contributed by atoms with Gasteiger partial charge in [0.15, 0.2) is 5.82 Å². The molecule has 17 heavy (non-hydrogen) atoms. The highest BCUT2D eigenvalue weighted by Crippen LogP contribution is 2.26. The Morgan fingerprint density at radius 2 is 2.29 bits per heavy atom. The van der Waals surface area contributed by atoms with Gasteiger partial charge in [0, 0.05) is 13.6 Å². The van der Waals surface area contributed by atoms with Crippen LogP contribution in [-0.4, -0.2) is 12.0 Å². The van der Waals surface area contributed by atoms with Gasteiger partial charge in [-0.2, -0.15) is 0 Å². The van der Waals surface area contributed by atoms with Crippen LogP contribution in [0.25, 0.3) is 0 Å². The Bertz CT molecular complexity index is 529. The van der Waals surface area contributed by atoms with Gasteiger partial charge in [0.2, 0.25) is 0 Å². The molecule has 0 aliphatic carbocycles. The minimum atomic E-state index is 0.451. The van der Waals surface area contributed by atoms with Crippen LogP contribution < -0.4 is 10.6 Å². The highest BCUT2D eigenvalue weighted by molar-refractivity contribution is 9.11. The maximum Gasteiger partial charge on any atom is 0.153 e. The van der Waals surface area contributed by atoms with Crippen LogP contribution in [0.5, 0.6) is 0 Å². The zero-order valence-corrected chi connectivity index (χ0v) is 12.3. The molecular weight excluding hydrogens is 322 g/mol. The lowest BCUT2D eigenvalue weighted by molar-refractivity contribution is 0.904. The first kappa shape index (κ1) is 12.7. The van der Waals surface area contributed by atoms with Crippen LogP contribution in [-0.2, 0) is 6.54 Å². The molecule has 2 aromatic heterocycles. The Labute approximate surface area is 117 Å². The number of nitrogen functional groups attached to an aromatic ring is 1. The fourth-order valence-corrected chi connectivity index (χ4v) is 2.86. The molecule has 2 N–H and O–H groups in total. The van der Waals surface area contributed by atoms with Gasteiger partial charge in [-0.25, -0.2) is 4.98 Å². The van der Waals surface area contributed by atoms with Gasteiger partial charge in [0.25, 0.3) is 0 Å². The van der Waals surface area contributed by atoms with Crippen LogP contribution >= 0.6 is 38.9 Å².